The number of hydrogen-bond donors (Lipinski definition) is 1. The minimum Gasteiger partial charge on any atom is -0.480 e. The van der Waals surface area contributed by atoms with Gasteiger partial charge in [-0.15, -0.1) is 0 Å². The van der Waals surface area contributed by atoms with Gasteiger partial charge in [0.25, 0.3) is 0 Å². The van der Waals surface area contributed by atoms with Crippen molar-refractivity contribution in [3.8, 4) is 0 Å². The summed E-state index contributed by atoms with van der Waals surface area (Å²) in [7, 11) is 0. The molecule has 0 saturated carbocycles. The van der Waals surface area contributed by atoms with E-state index in [1.165, 1.54) is 15.9 Å². The maximum Gasteiger partial charge on any atom is 0.327 e. The summed E-state index contributed by atoms with van der Waals surface area (Å²) < 4.78 is 13.7. The van der Waals surface area contributed by atoms with Gasteiger partial charge in [-0.2, -0.15) is 0 Å². The van der Waals surface area contributed by atoms with E-state index in [9.17, 15) is 19.1 Å². The van der Waals surface area contributed by atoms with Crippen LogP contribution in [0.25, 0.3) is 0 Å². The molecule has 5 nitrogen and oxygen atoms in total. The Morgan fingerprint density at radius 2 is 1.95 bits per heavy atom. The van der Waals surface area contributed by atoms with Crippen LogP contribution in [0, 0.1) is 11.2 Å². The fourth-order valence-corrected chi connectivity index (χ4v) is 2.79. The van der Waals surface area contributed by atoms with Crippen LogP contribution in [-0.4, -0.2) is 46.0 Å². The second kappa shape index (κ2) is 5.94. The number of amides is 2. The van der Waals surface area contributed by atoms with Crippen molar-refractivity contribution in [2.45, 2.75) is 33.4 Å². The first-order chi connectivity index (χ1) is 10.2. The Kier molecular flexibility index (Phi) is 4.39. The molecule has 1 saturated heterocycles. The lowest BCUT2D eigenvalue weighted by Gasteiger charge is -2.34. The van der Waals surface area contributed by atoms with Gasteiger partial charge in [0.15, 0.2) is 0 Å². The average Bonchev–Trinajstić information content (AvgIpc) is 2.73. The summed E-state index contributed by atoms with van der Waals surface area (Å²) in [6, 6.07) is 5.03. The molecule has 0 bridgehead atoms. The lowest BCUT2D eigenvalue weighted by molar-refractivity contribution is -0.145. The molecule has 0 aromatic heterocycles. The molecule has 1 atom stereocenters. The van der Waals surface area contributed by atoms with Gasteiger partial charge in [0, 0.05) is 18.7 Å². The van der Waals surface area contributed by atoms with Gasteiger partial charge in [0.1, 0.15) is 11.9 Å². The third-order valence-electron chi connectivity index (χ3n) is 3.81. The summed E-state index contributed by atoms with van der Waals surface area (Å²) in [5, 5.41) is 9.43. The average molecular weight is 308 g/mol. The van der Waals surface area contributed by atoms with Gasteiger partial charge in [0.2, 0.25) is 0 Å². The third-order valence-corrected chi connectivity index (χ3v) is 3.81. The number of urea groups is 1. The number of benzene rings is 1. The molecule has 1 N–H and O–H groups in total. The highest BCUT2D eigenvalue weighted by Gasteiger charge is 2.43. The van der Waals surface area contributed by atoms with Gasteiger partial charge in [-0.3, -0.25) is 0 Å². The number of hydrogen-bond acceptors (Lipinski definition) is 2. The highest BCUT2D eigenvalue weighted by Crippen LogP contribution is 2.28. The monoisotopic (exact) mass is 308 g/mol. The Hall–Kier alpha value is -2.11. The molecule has 120 valence electrons. The summed E-state index contributed by atoms with van der Waals surface area (Å²) in [5.74, 6) is -1.38. The molecular weight excluding hydrogens is 287 g/mol. The highest BCUT2D eigenvalue weighted by molar-refractivity contribution is 5.84. The first-order valence-corrected chi connectivity index (χ1v) is 7.23. The van der Waals surface area contributed by atoms with E-state index in [0.29, 0.717) is 18.7 Å². The number of halogens is 1. The Morgan fingerprint density at radius 3 is 2.50 bits per heavy atom. The first-order valence-electron chi connectivity index (χ1n) is 7.23. The van der Waals surface area contributed by atoms with Crippen LogP contribution in [0.5, 0.6) is 0 Å². The smallest absolute Gasteiger partial charge is 0.327 e. The molecule has 2 rings (SSSR count). The molecule has 22 heavy (non-hydrogen) atoms. The predicted molar refractivity (Wildman–Crippen MR) is 79.8 cm³/mol. The molecule has 1 fully saturated rings. The quantitative estimate of drug-likeness (QED) is 0.930. The second-order valence-corrected chi connectivity index (χ2v) is 6.60. The Bertz CT molecular complexity index is 583. The number of carbonyl (C=O) groups is 2. The molecule has 1 aliphatic heterocycles. The van der Waals surface area contributed by atoms with E-state index in [1.54, 1.807) is 39.0 Å². The van der Waals surface area contributed by atoms with Gasteiger partial charge in [0.05, 0.1) is 6.54 Å². The summed E-state index contributed by atoms with van der Waals surface area (Å²) in [6.07, 6.45) is 0. The molecule has 1 heterocycles. The molecular formula is C16H21FN2O3. The Balaban J connectivity index is 2.16. The Labute approximate surface area is 129 Å². The minimum absolute atomic E-state index is 0.151. The molecule has 0 unspecified atom stereocenters. The van der Waals surface area contributed by atoms with Gasteiger partial charge in [-0.25, -0.2) is 14.0 Å². The van der Waals surface area contributed by atoms with Crippen molar-refractivity contribution in [3.05, 3.63) is 35.6 Å². The van der Waals surface area contributed by atoms with Crippen LogP contribution in [0.1, 0.15) is 26.3 Å². The van der Waals surface area contributed by atoms with E-state index in [-0.39, 0.29) is 18.4 Å². The third kappa shape index (κ3) is 3.21. The number of aliphatic carboxylic acids is 1. The number of rotatable bonds is 4. The van der Waals surface area contributed by atoms with Gasteiger partial charge in [-0.05, 0) is 11.5 Å². The largest absolute Gasteiger partial charge is 0.480 e. The fraction of sp³-hybridized carbons (Fsp3) is 0.500. The molecule has 0 spiro atoms. The lowest BCUT2D eigenvalue weighted by Crippen LogP contribution is -2.50. The van der Waals surface area contributed by atoms with E-state index >= 15 is 0 Å². The Morgan fingerprint density at radius 1 is 1.32 bits per heavy atom. The highest BCUT2D eigenvalue weighted by atomic mass is 19.1. The number of nitrogens with zero attached hydrogens (tertiary/aromatic N) is 2. The van der Waals surface area contributed by atoms with Crippen molar-refractivity contribution in [3.63, 3.8) is 0 Å². The van der Waals surface area contributed by atoms with E-state index in [2.05, 4.69) is 0 Å². The number of carboxylic acids is 1. The topological polar surface area (TPSA) is 60.9 Å². The van der Waals surface area contributed by atoms with Gasteiger partial charge < -0.3 is 14.9 Å². The molecule has 1 aromatic carbocycles. The van der Waals surface area contributed by atoms with Crippen molar-refractivity contribution in [1.82, 2.24) is 9.80 Å². The number of carboxylic acid groups (broad SMARTS) is 1. The SMILES string of the molecule is CC(C)(C)[C@@H](C(=O)O)N1CCN(Cc2ccccc2F)C1=O. The van der Waals surface area contributed by atoms with Crippen molar-refractivity contribution in [2.75, 3.05) is 13.1 Å². The van der Waals surface area contributed by atoms with Crippen molar-refractivity contribution in [1.29, 1.82) is 0 Å². The molecule has 1 aromatic rings. The maximum absolute atomic E-state index is 13.7. The molecule has 0 radical (unpaired) electrons. The van der Waals surface area contributed by atoms with Crippen LogP contribution in [-0.2, 0) is 11.3 Å². The van der Waals surface area contributed by atoms with Crippen LogP contribution >= 0.6 is 0 Å². The normalized spacial score (nSPS) is 17.0. The van der Waals surface area contributed by atoms with Crippen molar-refractivity contribution >= 4 is 12.0 Å². The van der Waals surface area contributed by atoms with Crippen LogP contribution in [0.3, 0.4) is 0 Å². The van der Waals surface area contributed by atoms with Crippen LogP contribution in [0.2, 0.25) is 0 Å². The van der Waals surface area contributed by atoms with E-state index < -0.39 is 17.4 Å². The van der Waals surface area contributed by atoms with Crippen molar-refractivity contribution < 1.29 is 19.1 Å². The lowest BCUT2D eigenvalue weighted by atomic mass is 9.86. The first kappa shape index (κ1) is 16.3. The fourth-order valence-electron chi connectivity index (χ4n) is 2.79. The van der Waals surface area contributed by atoms with Crippen LogP contribution in [0.4, 0.5) is 9.18 Å². The summed E-state index contributed by atoms with van der Waals surface area (Å²) in [5.41, 5.74) is -0.143. The van der Waals surface area contributed by atoms with E-state index in [4.69, 9.17) is 0 Å². The van der Waals surface area contributed by atoms with E-state index in [1.807, 2.05) is 0 Å². The molecule has 1 aliphatic rings. The second-order valence-electron chi connectivity index (χ2n) is 6.60. The standard InChI is InChI=1S/C16H21FN2O3/c1-16(2,3)13(14(20)21)19-9-8-18(15(19)22)10-11-6-4-5-7-12(11)17/h4-7,13H,8-10H2,1-3H3,(H,20,21)/t13-/m1/s1. The maximum atomic E-state index is 13.7. The molecule has 0 aliphatic carbocycles. The zero-order valence-corrected chi connectivity index (χ0v) is 13.0. The zero-order chi connectivity index (χ0) is 16.5. The summed E-state index contributed by atoms with van der Waals surface area (Å²) >= 11 is 0. The van der Waals surface area contributed by atoms with Crippen molar-refractivity contribution in [2.24, 2.45) is 5.41 Å². The minimum atomic E-state index is -1.02. The van der Waals surface area contributed by atoms with Gasteiger partial charge in [-0.1, -0.05) is 39.0 Å². The van der Waals surface area contributed by atoms with Crippen LogP contribution in [0.15, 0.2) is 24.3 Å². The van der Waals surface area contributed by atoms with Crippen LogP contribution < -0.4 is 0 Å². The predicted octanol–water partition coefficient (Wildman–Crippen LogP) is 2.56. The number of carbonyl (C=O) groups excluding carboxylic acids is 1. The summed E-state index contributed by atoms with van der Waals surface area (Å²) in [4.78, 5) is 26.9. The molecule has 2 amide bonds. The van der Waals surface area contributed by atoms with Gasteiger partial charge >= 0.3 is 12.0 Å². The van der Waals surface area contributed by atoms with E-state index in [0.717, 1.165) is 0 Å². The zero-order valence-electron chi connectivity index (χ0n) is 13.0. The summed E-state index contributed by atoms with van der Waals surface area (Å²) in [6.45, 7) is 6.25. The molecule has 6 heteroatoms.